The molecule has 0 aliphatic carbocycles. The van der Waals surface area contributed by atoms with Gasteiger partial charge in [-0.1, -0.05) is 12.1 Å². The van der Waals surface area contributed by atoms with Gasteiger partial charge in [-0.2, -0.15) is 15.6 Å². The van der Waals surface area contributed by atoms with Crippen LogP contribution in [0.15, 0.2) is 41.7 Å². The Kier molecular flexibility index (Phi) is 5.32. The molecule has 33 heavy (non-hydrogen) atoms. The number of nitrogens with one attached hydrogen (secondary N) is 2. The van der Waals surface area contributed by atoms with Crippen LogP contribution < -0.4 is 26.8 Å². The Bertz CT molecular complexity index is 1350. The van der Waals surface area contributed by atoms with E-state index in [1.54, 1.807) is 30.5 Å². The van der Waals surface area contributed by atoms with E-state index < -0.39 is 11.0 Å². The van der Waals surface area contributed by atoms with Crippen LogP contribution in [0.4, 0.5) is 23.0 Å². The van der Waals surface area contributed by atoms with E-state index in [-0.39, 0.29) is 41.3 Å². The Morgan fingerprint density at radius 1 is 1.30 bits per heavy atom. The number of rotatable bonds is 5. The first-order valence-corrected chi connectivity index (χ1v) is 9.29. The number of nitro groups is 1. The van der Waals surface area contributed by atoms with Gasteiger partial charge >= 0.3 is 5.69 Å². The van der Waals surface area contributed by atoms with Gasteiger partial charge in [0.05, 0.1) is 10.6 Å². The van der Waals surface area contributed by atoms with Gasteiger partial charge in [0.25, 0.3) is 0 Å². The van der Waals surface area contributed by atoms with E-state index in [1.807, 2.05) is 6.07 Å². The number of hydrogen-bond acceptors (Lipinski definition) is 12. The number of anilines is 3. The quantitative estimate of drug-likeness (QED) is 0.189. The summed E-state index contributed by atoms with van der Waals surface area (Å²) in [5.41, 5.74) is 13.2. The molecule has 14 heteroatoms. The Hall–Kier alpha value is -5.37. The first-order chi connectivity index (χ1) is 15.9. The summed E-state index contributed by atoms with van der Waals surface area (Å²) in [4.78, 5) is 18.9. The van der Waals surface area contributed by atoms with E-state index in [0.29, 0.717) is 16.9 Å². The number of aliphatic imine (C=N–C) groups is 1. The smallest absolute Gasteiger partial charge is 0.307 e. The SMILES string of the molecule is N#CNC1=NC(c2ccc(OCn3cc([N+](=O)[O-])cn3)cc2)c2c(nc(N)c(C#N)c2N)N1. The van der Waals surface area contributed by atoms with Gasteiger partial charge in [-0.3, -0.25) is 15.4 Å². The third-order valence-corrected chi connectivity index (χ3v) is 4.75. The number of benzene rings is 1. The van der Waals surface area contributed by atoms with E-state index in [1.165, 1.54) is 10.9 Å². The number of hydrogen-bond donors (Lipinski definition) is 4. The number of nitrogen functional groups attached to an aromatic ring is 2. The highest BCUT2D eigenvalue weighted by Crippen LogP contribution is 2.40. The summed E-state index contributed by atoms with van der Waals surface area (Å²) in [7, 11) is 0. The maximum atomic E-state index is 10.7. The molecule has 3 heterocycles. The van der Waals surface area contributed by atoms with Gasteiger partial charge in [-0.15, -0.1) is 0 Å². The van der Waals surface area contributed by atoms with Gasteiger partial charge in [-0.25, -0.2) is 14.7 Å². The molecule has 164 valence electrons. The molecule has 4 rings (SSSR count). The average Bonchev–Trinajstić information content (AvgIpc) is 3.27. The second-order valence-electron chi connectivity index (χ2n) is 6.74. The first kappa shape index (κ1) is 20.9. The van der Waals surface area contributed by atoms with E-state index >= 15 is 0 Å². The van der Waals surface area contributed by atoms with Crippen LogP contribution in [0.5, 0.6) is 5.75 Å². The van der Waals surface area contributed by atoms with Crippen LogP contribution in [0.3, 0.4) is 0 Å². The van der Waals surface area contributed by atoms with Crippen molar-refractivity contribution in [2.24, 2.45) is 4.99 Å². The van der Waals surface area contributed by atoms with Crippen LogP contribution in [-0.4, -0.2) is 25.6 Å². The van der Waals surface area contributed by atoms with E-state index in [0.717, 1.165) is 6.20 Å². The first-order valence-electron chi connectivity index (χ1n) is 9.29. The van der Waals surface area contributed by atoms with Crippen LogP contribution in [0.1, 0.15) is 22.7 Å². The number of aromatic nitrogens is 3. The van der Waals surface area contributed by atoms with Crippen LogP contribution in [0, 0.1) is 32.9 Å². The monoisotopic (exact) mass is 445 g/mol. The van der Waals surface area contributed by atoms with Crippen molar-refractivity contribution in [1.82, 2.24) is 20.1 Å². The van der Waals surface area contributed by atoms with Crippen LogP contribution in [0.2, 0.25) is 0 Å². The van der Waals surface area contributed by atoms with Crippen molar-refractivity contribution >= 4 is 29.0 Å². The molecule has 6 N–H and O–H groups in total. The topological polar surface area (TPSA) is 219 Å². The van der Waals surface area contributed by atoms with Gasteiger partial charge in [-0.05, 0) is 17.7 Å². The highest BCUT2D eigenvalue weighted by Gasteiger charge is 2.29. The number of nitrogens with zero attached hydrogens (tertiary/aromatic N) is 7. The number of guanidine groups is 1. The fourth-order valence-electron chi connectivity index (χ4n) is 3.23. The second-order valence-corrected chi connectivity index (χ2v) is 6.74. The molecule has 0 bridgehead atoms. The molecule has 0 saturated carbocycles. The van der Waals surface area contributed by atoms with Crippen molar-refractivity contribution in [2.45, 2.75) is 12.8 Å². The Labute approximate surface area is 185 Å². The maximum absolute atomic E-state index is 10.7. The molecule has 1 aromatic carbocycles. The van der Waals surface area contributed by atoms with Crippen molar-refractivity contribution in [3.63, 3.8) is 0 Å². The van der Waals surface area contributed by atoms with E-state index in [9.17, 15) is 15.4 Å². The summed E-state index contributed by atoms with van der Waals surface area (Å²) in [6, 6.07) is 8.08. The van der Waals surface area contributed by atoms with E-state index in [4.69, 9.17) is 21.5 Å². The van der Waals surface area contributed by atoms with Crippen molar-refractivity contribution in [2.75, 3.05) is 16.8 Å². The minimum Gasteiger partial charge on any atom is -0.471 e. The molecule has 14 nitrogen and oxygen atoms in total. The minimum atomic E-state index is -0.680. The highest BCUT2D eigenvalue weighted by atomic mass is 16.6. The predicted octanol–water partition coefficient (Wildman–Crippen LogP) is 1.20. The lowest BCUT2D eigenvalue weighted by Gasteiger charge is -2.26. The summed E-state index contributed by atoms with van der Waals surface area (Å²) in [5.74, 6) is 0.862. The number of pyridine rings is 1. The molecule has 2 aromatic heterocycles. The van der Waals surface area contributed by atoms with Crippen molar-refractivity contribution in [3.8, 4) is 18.0 Å². The minimum absolute atomic E-state index is 0.0283. The molecular formula is C19H15N11O3. The molecule has 0 saturated heterocycles. The standard InChI is InChI=1S/C19H15N11O3/c20-5-13-15(22)14-16(26-19(24-8-21)28-18(14)27-17(13)23)10-1-3-12(4-2-10)33-9-29-7-11(6-25-29)30(31)32/h1-4,6-7,16H,9H2,(H6,22,23,24,26,27,28). The summed E-state index contributed by atoms with van der Waals surface area (Å²) < 4.78 is 6.90. The lowest BCUT2D eigenvalue weighted by atomic mass is 9.95. The molecule has 3 aromatic rings. The van der Waals surface area contributed by atoms with Gasteiger partial charge < -0.3 is 21.5 Å². The van der Waals surface area contributed by atoms with Crippen molar-refractivity contribution < 1.29 is 9.66 Å². The lowest BCUT2D eigenvalue weighted by Crippen LogP contribution is -2.32. The predicted molar refractivity (Wildman–Crippen MR) is 115 cm³/mol. The Morgan fingerprint density at radius 2 is 2.06 bits per heavy atom. The fourth-order valence-corrected chi connectivity index (χ4v) is 3.23. The Balaban J connectivity index is 1.62. The van der Waals surface area contributed by atoms with E-state index in [2.05, 4.69) is 25.7 Å². The molecular weight excluding hydrogens is 430 g/mol. The molecule has 0 spiro atoms. The highest BCUT2D eigenvalue weighted by molar-refractivity contribution is 5.98. The summed E-state index contributed by atoms with van der Waals surface area (Å²) >= 11 is 0. The summed E-state index contributed by atoms with van der Waals surface area (Å²) in [5, 5.41) is 38.3. The Morgan fingerprint density at radius 3 is 2.70 bits per heavy atom. The third kappa shape index (κ3) is 3.99. The van der Waals surface area contributed by atoms with Crippen molar-refractivity contribution in [3.05, 3.63) is 63.5 Å². The normalized spacial score (nSPS) is 14.1. The van der Waals surface area contributed by atoms with Gasteiger partial charge in [0.2, 0.25) is 5.96 Å². The van der Waals surface area contributed by atoms with Crippen LogP contribution in [0.25, 0.3) is 0 Å². The fraction of sp³-hybridized carbons (Fsp3) is 0.105. The van der Waals surface area contributed by atoms with Crippen LogP contribution in [-0.2, 0) is 6.73 Å². The summed E-state index contributed by atoms with van der Waals surface area (Å²) in [6.07, 6.45) is 4.17. The molecule has 0 fully saturated rings. The van der Waals surface area contributed by atoms with Gasteiger partial charge in [0.15, 0.2) is 12.9 Å². The lowest BCUT2D eigenvalue weighted by molar-refractivity contribution is -0.385. The zero-order valence-corrected chi connectivity index (χ0v) is 16.8. The maximum Gasteiger partial charge on any atom is 0.307 e. The second kappa shape index (κ2) is 8.40. The number of fused-ring (bicyclic) bond motifs is 1. The zero-order chi connectivity index (χ0) is 23.5. The molecule has 1 atom stereocenters. The molecule has 1 aliphatic heterocycles. The average molecular weight is 445 g/mol. The molecule has 1 unspecified atom stereocenters. The third-order valence-electron chi connectivity index (χ3n) is 4.75. The largest absolute Gasteiger partial charge is 0.471 e. The summed E-state index contributed by atoms with van der Waals surface area (Å²) in [6.45, 7) is -0.0283. The molecule has 0 radical (unpaired) electrons. The number of nitriles is 2. The molecule has 1 aliphatic rings. The van der Waals surface area contributed by atoms with Gasteiger partial charge in [0, 0.05) is 5.56 Å². The molecule has 0 amide bonds. The number of ether oxygens (including phenoxy) is 1. The van der Waals surface area contributed by atoms with Gasteiger partial charge in [0.1, 0.15) is 47.5 Å². The van der Waals surface area contributed by atoms with Crippen molar-refractivity contribution in [1.29, 1.82) is 10.5 Å². The zero-order valence-electron chi connectivity index (χ0n) is 16.8. The number of nitrogens with two attached hydrogens (primary N) is 2. The van der Waals surface area contributed by atoms with Crippen LogP contribution >= 0.6 is 0 Å².